The maximum Gasteiger partial charge on any atom is 0.169 e. The smallest absolute Gasteiger partial charge is 0.169 e. The molecule has 0 atom stereocenters. The molecule has 0 saturated carbocycles. The molecule has 1 heterocycles. The number of thioether (sulfide) groups is 1. The van der Waals surface area contributed by atoms with Crippen molar-refractivity contribution < 1.29 is 13.6 Å². The lowest BCUT2D eigenvalue weighted by Crippen LogP contribution is -2.05. The summed E-state index contributed by atoms with van der Waals surface area (Å²) in [6, 6.07) is 6.36. The molecule has 1 aromatic heterocycles. The molecule has 114 valence electrons. The normalized spacial score (nSPS) is 11.5. The quantitative estimate of drug-likeness (QED) is 0.351. The van der Waals surface area contributed by atoms with Crippen molar-refractivity contribution in [2.45, 2.75) is 6.42 Å². The van der Waals surface area contributed by atoms with Gasteiger partial charge in [0.2, 0.25) is 0 Å². The maximum absolute atomic E-state index is 13.2. The summed E-state index contributed by atoms with van der Waals surface area (Å²) in [6.45, 7) is 0. The Kier molecular flexibility index (Phi) is 5.63. The number of aliphatic imine (C=N–C) groups is 1. The number of pyridine rings is 1. The summed E-state index contributed by atoms with van der Waals surface area (Å²) < 4.78 is 26.1. The largest absolute Gasteiger partial charge is 0.294 e. The van der Waals surface area contributed by atoms with E-state index in [1.54, 1.807) is 12.3 Å². The molecule has 2 aromatic rings. The van der Waals surface area contributed by atoms with Gasteiger partial charge in [0.15, 0.2) is 17.4 Å². The van der Waals surface area contributed by atoms with Gasteiger partial charge in [-0.15, -0.1) is 11.8 Å². The Labute approximate surface area is 135 Å². The zero-order valence-electron chi connectivity index (χ0n) is 11.5. The summed E-state index contributed by atoms with van der Waals surface area (Å²) in [5.74, 6) is -2.10. The number of hydrogen-bond acceptors (Lipinski definition) is 4. The van der Waals surface area contributed by atoms with Gasteiger partial charge in [-0.3, -0.25) is 4.79 Å². The maximum atomic E-state index is 13.2. The second-order valence-corrected chi connectivity index (χ2v) is 5.54. The molecule has 0 N–H and O–H groups in total. The number of halogens is 3. The zero-order valence-corrected chi connectivity index (χ0v) is 13.1. The molecule has 0 aliphatic rings. The van der Waals surface area contributed by atoms with Gasteiger partial charge in [0, 0.05) is 17.8 Å². The molecule has 0 bridgehead atoms. The minimum absolute atomic E-state index is 0.0422. The van der Waals surface area contributed by atoms with Gasteiger partial charge < -0.3 is 0 Å². The lowest BCUT2D eigenvalue weighted by Gasteiger charge is -2.04. The molecule has 1 aromatic carbocycles. The average molecular weight is 341 g/mol. The number of nitrogens with zero attached hydrogens (tertiary/aromatic N) is 2. The Morgan fingerprint density at radius 2 is 2.05 bits per heavy atom. The summed E-state index contributed by atoms with van der Waals surface area (Å²) in [6.07, 6.45) is 3.24. The molecule has 3 nitrogen and oxygen atoms in total. The monoisotopic (exact) mass is 340 g/mol. The van der Waals surface area contributed by atoms with Crippen LogP contribution >= 0.6 is 23.4 Å². The van der Waals surface area contributed by atoms with Crippen LogP contribution in [-0.4, -0.2) is 22.1 Å². The Balaban J connectivity index is 2.19. The molecule has 7 heteroatoms. The van der Waals surface area contributed by atoms with Crippen molar-refractivity contribution in [3.63, 3.8) is 0 Å². The summed E-state index contributed by atoms with van der Waals surface area (Å²) in [5, 5.41) is 0.720. The second-order valence-electron chi connectivity index (χ2n) is 4.28. The van der Waals surface area contributed by atoms with E-state index in [9.17, 15) is 13.6 Å². The van der Waals surface area contributed by atoms with Crippen LogP contribution in [0.3, 0.4) is 0 Å². The van der Waals surface area contributed by atoms with Crippen molar-refractivity contribution in [1.82, 2.24) is 4.98 Å². The van der Waals surface area contributed by atoms with Crippen LogP contribution in [0.2, 0.25) is 5.15 Å². The van der Waals surface area contributed by atoms with Crippen LogP contribution in [0.25, 0.3) is 0 Å². The first-order valence-corrected chi connectivity index (χ1v) is 7.81. The van der Waals surface area contributed by atoms with Gasteiger partial charge in [-0.05, 0) is 30.5 Å². The number of aromatic nitrogens is 1. The van der Waals surface area contributed by atoms with Crippen LogP contribution < -0.4 is 0 Å². The molecule has 0 aliphatic carbocycles. The number of carbonyl (C=O) groups is 1. The predicted molar refractivity (Wildman–Crippen MR) is 85.2 cm³/mol. The first kappa shape index (κ1) is 16.6. The Bertz CT molecular complexity index is 737. The van der Waals surface area contributed by atoms with Crippen LogP contribution in [0.1, 0.15) is 16.8 Å². The molecule has 0 saturated heterocycles. The summed E-state index contributed by atoms with van der Waals surface area (Å²) in [4.78, 5) is 20.1. The van der Waals surface area contributed by atoms with Crippen LogP contribution in [-0.2, 0) is 0 Å². The molecular formula is C15H11ClF2N2OS. The molecule has 0 spiro atoms. The number of benzene rings is 1. The van der Waals surface area contributed by atoms with E-state index in [2.05, 4.69) is 9.98 Å². The Hall–Kier alpha value is -1.79. The Morgan fingerprint density at radius 3 is 2.68 bits per heavy atom. The average Bonchev–Trinajstić information content (AvgIpc) is 2.50. The molecular weight excluding hydrogens is 330 g/mol. The molecule has 0 unspecified atom stereocenters. The SMILES string of the molecule is CSC(CC(=O)c1ccnc(Cl)c1)=Nc1ccc(F)c(F)c1. The minimum Gasteiger partial charge on any atom is -0.294 e. The summed E-state index contributed by atoms with van der Waals surface area (Å²) >= 11 is 7.01. The number of hydrogen-bond donors (Lipinski definition) is 0. The highest BCUT2D eigenvalue weighted by Gasteiger charge is 2.11. The number of carbonyl (C=O) groups excluding carboxylic acids is 1. The van der Waals surface area contributed by atoms with Crippen molar-refractivity contribution in [2.75, 3.05) is 6.26 Å². The van der Waals surface area contributed by atoms with Gasteiger partial charge in [0.1, 0.15) is 5.15 Å². The van der Waals surface area contributed by atoms with E-state index in [0.29, 0.717) is 10.6 Å². The lowest BCUT2D eigenvalue weighted by molar-refractivity contribution is 0.100. The summed E-state index contributed by atoms with van der Waals surface area (Å²) in [7, 11) is 0. The highest BCUT2D eigenvalue weighted by atomic mass is 35.5. The topological polar surface area (TPSA) is 42.3 Å². The number of ketones is 1. The third-order valence-electron chi connectivity index (χ3n) is 2.75. The van der Waals surface area contributed by atoms with Crippen molar-refractivity contribution in [2.24, 2.45) is 4.99 Å². The van der Waals surface area contributed by atoms with Gasteiger partial charge in [-0.25, -0.2) is 18.8 Å². The molecule has 0 amide bonds. The van der Waals surface area contributed by atoms with Crippen LogP contribution in [0.4, 0.5) is 14.5 Å². The van der Waals surface area contributed by atoms with Gasteiger partial charge in [0.25, 0.3) is 0 Å². The van der Waals surface area contributed by atoms with E-state index in [4.69, 9.17) is 11.6 Å². The van der Waals surface area contributed by atoms with Gasteiger partial charge in [-0.2, -0.15) is 0 Å². The highest BCUT2D eigenvalue weighted by molar-refractivity contribution is 8.13. The molecule has 0 radical (unpaired) electrons. The third-order valence-corrected chi connectivity index (χ3v) is 3.67. The van der Waals surface area contributed by atoms with Gasteiger partial charge in [0.05, 0.1) is 17.2 Å². The first-order valence-electron chi connectivity index (χ1n) is 6.21. The second kappa shape index (κ2) is 7.47. The molecule has 22 heavy (non-hydrogen) atoms. The van der Waals surface area contributed by atoms with Crippen LogP contribution in [0.5, 0.6) is 0 Å². The van der Waals surface area contributed by atoms with E-state index < -0.39 is 11.6 Å². The molecule has 2 rings (SSSR count). The number of Topliss-reactive ketones (excluding diaryl/α,β-unsaturated/α-hetero) is 1. The Morgan fingerprint density at radius 1 is 1.27 bits per heavy atom. The van der Waals surface area contributed by atoms with Crippen molar-refractivity contribution >= 4 is 39.9 Å². The van der Waals surface area contributed by atoms with Crippen LogP contribution in [0.15, 0.2) is 41.5 Å². The van der Waals surface area contributed by atoms with E-state index >= 15 is 0 Å². The fraction of sp³-hybridized carbons (Fsp3) is 0.133. The van der Waals surface area contributed by atoms with E-state index in [-0.39, 0.29) is 23.0 Å². The van der Waals surface area contributed by atoms with E-state index in [0.717, 1.165) is 12.1 Å². The zero-order chi connectivity index (χ0) is 16.1. The van der Waals surface area contributed by atoms with E-state index in [1.807, 2.05) is 0 Å². The minimum atomic E-state index is -0.978. The third kappa shape index (κ3) is 4.35. The summed E-state index contributed by atoms with van der Waals surface area (Å²) in [5.41, 5.74) is 0.677. The lowest BCUT2D eigenvalue weighted by atomic mass is 10.1. The first-order chi connectivity index (χ1) is 10.5. The molecule has 0 aliphatic heterocycles. The van der Waals surface area contributed by atoms with Crippen LogP contribution in [0, 0.1) is 11.6 Å². The van der Waals surface area contributed by atoms with Gasteiger partial charge >= 0.3 is 0 Å². The predicted octanol–water partition coefficient (Wildman–Crippen LogP) is 4.68. The fourth-order valence-corrected chi connectivity index (χ4v) is 2.32. The number of rotatable bonds is 4. The highest BCUT2D eigenvalue weighted by Crippen LogP contribution is 2.20. The fourth-order valence-electron chi connectivity index (χ4n) is 1.67. The van der Waals surface area contributed by atoms with E-state index in [1.165, 1.54) is 30.1 Å². The standard InChI is InChI=1S/C15H11ClF2N2OS/c1-22-15(20-10-2-3-11(17)12(18)7-10)8-13(21)9-4-5-19-14(16)6-9/h2-7H,8H2,1H3. The van der Waals surface area contributed by atoms with Gasteiger partial charge in [-0.1, -0.05) is 11.6 Å². The van der Waals surface area contributed by atoms with Crippen molar-refractivity contribution in [3.05, 3.63) is 58.9 Å². The molecule has 0 fully saturated rings. The van der Waals surface area contributed by atoms with Crippen molar-refractivity contribution in [1.29, 1.82) is 0 Å². The van der Waals surface area contributed by atoms with Crippen molar-refractivity contribution in [3.8, 4) is 0 Å².